The third kappa shape index (κ3) is 2.09. The fourth-order valence-corrected chi connectivity index (χ4v) is 4.25. The number of carbonyl (C=O) groups excluding carboxylic acids is 2. The highest BCUT2D eigenvalue weighted by Crippen LogP contribution is 2.50. The molecule has 2 saturated heterocycles. The molecule has 0 bridgehead atoms. The number of aliphatic carboxylic acids is 1. The zero-order valence-electron chi connectivity index (χ0n) is 14.0. The number of benzene rings is 1. The Balaban J connectivity index is 2.18. The van der Waals surface area contributed by atoms with Crippen LogP contribution in [-0.4, -0.2) is 28.4 Å². The van der Waals surface area contributed by atoms with Gasteiger partial charge in [-0.2, -0.15) is 0 Å². The smallest absolute Gasteiger partial charge is 0.325 e. The molecule has 0 spiro atoms. The van der Waals surface area contributed by atoms with E-state index < -0.39 is 41.2 Å². The topological polar surface area (TPSA) is 95.5 Å². The van der Waals surface area contributed by atoms with Crippen LogP contribution in [0.4, 0.5) is 0 Å². The molecular weight excluding hydrogens is 308 g/mol. The number of aryl methyl sites for hydroxylation is 1. The Morgan fingerprint density at radius 2 is 1.96 bits per heavy atom. The van der Waals surface area contributed by atoms with E-state index in [-0.39, 0.29) is 5.92 Å². The molecule has 2 heterocycles. The summed E-state index contributed by atoms with van der Waals surface area (Å²) in [7, 11) is 0. The second-order valence-corrected chi connectivity index (χ2v) is 6.82. The van der Waals surface area contributed by atoms with Crippen LogP contribution in [0, 0.1) is 24.7 Å². The maximum absolute atomic E-state index is 12.4. The number of rotatable bonds is 4. The minimum absolute atomic E-state index is 0.298. The lowest BCUT2D eigenvalue weighted by atomic mass is 9.72. The zero-order valence-corrected chi connectivity index (χ0v) is 14.0. The van der Waals surface area contributed by atoms with E-state index in [1.807, 2.05) is 45.0 Å². The van der Waals surface area contributed by atoms with E-state index in [4.69, 9.17) is 0 Å². The lowest BCUT2D eigenvalue weighted by Gasteiger charge is -2.35. The molecule has 1 aromatic carbocycles. The zero-order chi connectivity index (χ0) is 17.6. The Kier molecular flexibility index (Phi) is 3.95. The molecule has 6 nitrogen and oxygen atoms in total. The van der Waals surface area contributed by atoms with Crippen molar-refractivity contribution in [3.05, 3.63) is 35.4 Å². The Morgan fingerprint density at radius 3 is 2.54 bits per heavy atom. The van der Waals surface area contributed by atoms with Gasteiger partial charge in [0.1, 0.15) is 5.54 Å². The predicted molar refractivity (Wildman–Crippen MR) is 87.0 cm³/mol. The van der Waals surface area contributed by atoms with Crippen molar-refractivity contribution in [2.75, 3.05) is 0 Å². The minimum Gasteiger partial charge on any atom is -0.480 e. The van der Waals surface area contributed by atoms with E-state index in [0.29, 0.717) is 6.42 Å². The van der Waals surface area contributed by atoms with Crippen molar-refractivity contribution in [3.8, 4) is 0 Å². The van der Waals surface area contributed by atoms with Gasteiger partial charge in [-0.15, -0.1) is 0 Å². The van der Waals surface area contributed by atoms with Crippen molar-refractivity contribution < 1.29 is 19.5 Å². The molecule has 6 heteroatoms. The SMILES string of the molecule is CCC(C)C1(C(=O)O)NC(c2ccccc2C)C2C(=O)NC(=O)C21. The molecule has 0 aromatic heterocycles. The monoisotopic (exact) mass is 330 g/mol. The van der Waals surface area contributed by atoms with Gasteiger partial charge in [0.2, 0.25) is 11.8 Å². The van der Waals surface area contributed by atoms with E-state index in [1.165, 1.54) is 0 Å². The summed E-state index contributed by atoms with van der Waals surface area (Å²) >= 11 is 0. The van der Waals surface area contributed by atoms with Crippen LogP contribution in [0.1, 0.15) is 37.4 Å². The van der Waals surface area contributed by atoms with Gasteiger partial charge >= 0.3 is 5.97 Å². The minimum atomic E-state index is -1.44. The Hall–Kier alpha value is -2.21. The molecule has 128 valence electrons. The second-order valence-electron chi connectivity index (χ2n) is 6.82. The number of hydrogen-bond donors (Lipinski definition) is 3. The number of imide groups is 1. The van der Waals surface area contributed by atoms with Gasteiger partial charge in [0.25, 0.3) is 0 Å². The third-order valence-electron chi connectivity index (χ3n) is 5.70. The third-order valence-corrected chi connectivity index (χ3v) is 5.70. The standard InChI is InChI=1S/C18H22N2O4/c1-4-10(3)18(17(23)24)13-12(15(21)19-16(13)22)14(20-18)11-8-6-5-7-9(11)2/h5-8,10,12-14,20H,4H2,1-3H3,(H,23,24)(H,19,21,22). The summed E-state index contributed by atoms with van der Waals surface area (Å²) in [6.45, 7) is 5.63. The molecule has 3 N–H and O–H groups in total. The molecule has 1 aromatic rings. The molecule has 5 atom stereocenters. The maximum atomic E-state index is 12.4. The summed E-state index contributed by atoms with van der Waals surface area (Å²) in [6, 6.07) is 7.06. The molecule has 0 radical (unpaired) electrons. The van der Waals surface area contributed by atoms with Crippen LogP contribution in [0.5, 0.6) is 0 Å². The summed E-state index contributed by atoms with van der Waals surface area (Å²) in [4.78, 5) is 37.1. The molecule has 0 saturated carbocycles. The van der Waals surface area contributed by atoms with Crippen molar-refractivity contribution in [3.63, 3.8) is 0 Å². The average molecular weight is 330 g/mol. The molecule has 5 unspecified atom stereocenters. The highest BCUT2D eigenvalue weighted by Gasteiger charge is 2.67. The molecule has 0 aliphatic carbocycles. The van der Waals surface area contributed by atoms with Crippen molar-refractivity contribution in [1.29, 1.82) is 0 Å². The number of nitrogens with one attached hydrogen (secondary N) is 2. The normalized spacial score (nSPS) is 33.2. The molecule has 2 aliphatic heterocycles. The van der Waals surface area contributed by atoms with Gasteiger partial charge in [-0.1, -0.05) is 44.5 Å². The highest BCUT2D eigenvalue weighted by molar-refractivity contribution is 6.09. The maximum Gasteiger partial charge on any atom is 0.325 e. The number of fused-ring (bicyclic) bond motifs is 1. The average Bonchev–Trinajstić information content (AvgIpc) is 3.05. The van der Waals surface area contributed by atoms with Gasteiger partial charge in [0.05, 0.1) is 11.8 Å². The van der Waals surface area contributed by atoms with Gasteiger partial charge in [-0.3, -0.25) is 25.0 Å². The van der Waals surface area contributed by atoms with Crippen LogP contribution in [-0.2, 0) is 14.4 Å². The number of carboxylic acids is 1. The van der Waals surface area contributed by atoms with Gasteiger partial charge < -0.3 is 5.11 Å². The van der Waals surface area contributed by atoms with Crippen LogP contribution in [0.25, 0.3) is 0 Å². The number of hydrogen-bond acceptors (Lipinski definition) is 4. The molecule has 2 aliphatic rings. The summed E-state index contributed by atoms with van der Waals surface area (Å²) in [5.74, 6) is -3.86. The Bertz CT molecular complexity index is 717. The van der Waals surface area contributed by atoms with Gasteiger partial charge in [-0.05, 0) is 24.0 Å². The highest BCUT2D eigenvalue weighted by atomic mass is 16.4. The Morgan fingerprint density at radius 1 is 1.29 bits per heavy atom. The predicted octanol–water partition coefficient (Wildman–Crippen LogP) is 1.40. The number of carboxylic acid groups (broad SMARTS) is 1. The van der Waals surface area contributed by atoms with Crippen LogP contribution in [0.2, 0.25) is 0 Å². The van der Waals surface area contributed by atoms with Gasteiger partial charge in [-0.25, -0.2) is 0 Å². The largest absolute Gasteiger partial charge is 0.480 e. The first-order chi connectivity index (χ1) is 11.3. The van der Waals surface area contributed by atoms with Crippen LogP contribution < -0.4 is 10.6 Å². The van der Waals surface area contributed by atoms with E-state index >= 15 is 0 Å². The van der Waals surface area contributed by atoms with Gasteiger partial charge in [0.15, 0.2) is 0 Å². The molecule has 2 fully saturated rings. The fraction of sp³-hybridized carbons (Fsp3) is 0.500. The Labute approximate surface area is 140 Å². The molecule has 2 amide bonds. The van der Waals surface area contributed by atoms with E-state index in [9.17, 15) is 19.5 Å². The van der Waals surface area contributed by atoms with Crippen molar-refractivity contribution in [1.82, 2.24) is 10.6 Å². The first-order valence-electron chi connectivity index (χ1n) is 8.25. The molecule has 3 rings (SSSR count). The van der Waals surface area contributed by atoms with E-state index in [2.05, 4.69) is 10.6 Å². The van der Waals surface area contributed by atoms with Crippen molar-refractivity contribution in [2.45, 2.75) is 38.8 Å². The first-order valence-corrected chi connectivity index (χ1v) is 8.25. The van der Waals surface area contributed by atoms with Crippen LogP contribution in [0.15, 0.2) is 24.3 Å². The summed E-state index contributed by atoms with van der Waals surface area (Å²) in [5, 5.41) is 15.5. The summed E-state index contributed by atoms with van der Waals surface area (Å²) < 4.78 is 0. The van der Waals surface area contributed by atoms with Crippen molar-refractivity contribution in [2.24, 2.45) is 17.8 Å². The lowest BCUT2D eigenvalue weighted by Crippen LogP contribution is -2.59. The van der Waals surface area contributed by atoms with Gasteiger partial charge in [0, 0.05) is 6.04 Å². The summed E-state index contributed by atoms with van der Waals surface area (Å²) in [6.07, 6.45) is 0.588. The van der Waals surface area contributed by atoms with E-state index in [1.54, 1.807) is 0 Å². The quantitative estimate of drug-likeness (QED) is 0.725. The van der Waals surface area contributed by atoms with Crippen molar-refractivity contribution >= 4 is 17.8 Å². The fourth-order valence-electron chi connectivity index (χ4n) is 4.25. The second kappa shape index (κ2) is 5.70. The van der Waals surface area contributed by atoms with E-state index in [0.717, 1.165) is 11.1 Å². The molecule has 24 heavy (non-hydrogen) atoms. The van der Waals surface area contributed by atoms with Crippen LogP contribution >= 0.6 is 0 Å². The summed E-state index contributed by atoms with van der Waals surface area (Å²) in [5.41, 5.74) is 0.387. The number of amides is 2. The first kappa shape index (κ1) is 16.6. The van der Waals surface area contributed by atoms with Crippen LogP contribution in [0.3, 0.4) is 0 Å². The molecular formula is C18H22N2O4. The lowest BCUT2D eigenvalue weighted by molar-refractivity contribution is -0.152. The number of carbonyl (C=O) groups is 3.